The van der Waals surface area contributed by atoms with E-state index in [2.05, 4.69) is 111 Å². The van der Waals surface area contributed by atoms with Crippen LogP contribution < -0.4 is 0 Å². The predicted molar refractivity (Wildman–Crippen MR) is 143 cm³/mol. The van der Waals surface area contributed by atoms with Crippen molar-refractivity contribution in [3.05, 3.63) is 119 Å². The smallest absolute Gasteiger partial charge is 0.0569 e. The zero-order valence-corrected chi connectivity index (χ0v) is 20.5. The fourth-order valence-corrected chi connectivity index (χ4v) is 7.36. The van der Waals surface area contributed by atoms with E-state index < -0.39 is 10.8 Å². The summed E-state index contributed by atoms with van der Waals surface area (Å²) in [5.41, 5.74) is 8.62. The summed E-state index contributed by atoms with van der Waals surface area (Å²) >= 11 is 0. The van der Waals surface area contributed by atoms with E-state index in [1.807, 2.05) is 0 Å². The van der Waals surface area contributed by atoms with Gasteiger partial charge in [-0.05, 0) is 62.8 Å². The van der Waals surface area contributed by atoms with Crippen molar-refractivity contribution in [2.24, 2.45) is 5.41 Å². The topological polar surface area (TPSA) is 40.5 Å². The molecular weight excluding hydrogens is 428 g/mol. The lowest BCUT2D eigenvalue weighted by atomic mass is 9.61. The molecule has 0 aromatic heterocycles. The number of hydrogen-bond donors (Lipinski definition) is 2. The van der Waals surface area contributed by atoms with Crippen LogP contribution in [0.4, 0.5) is 0 Å². The molecule has 0 radical (unpaired) electrons. The number of hydrogen-bond acceptors (Lipinski definition) is 2. The first-order valence-electron chi connectivity index (χ1n) is 12.6. The average Bonchev–Trinajstić information content (AvgIpc) is 3.32. The van der Waals surface area contributed by atoms with Gasteiger partial charge in [-0.3, -0.25) is 0 Å². The van der Waals surface area contributed by atoms with E-state index in [-0.39, 0.29) is 18.6 Å². The molecule has 0 spiro atoms. The van der Waals surface area contributed by atoms with Gasteiger partial charge in [0.2, 0.25) is 0 Å². The lowest BCUT2D eigenvalue weighted by Crippen LogP contribution is -2.41. The molecule has 0 fully saturated rings. The Morgan fingerprint density at radius 1 is 0.486 bits per heavy atom. The molecule has 2 N–H and O–H groups in total. The van der Waals surface area contributed by atoms with Gasteiger partial charge in [0, 0.05) is 10.8 Å². The second kappa shape index (κ2) is 7.91. The van der Waals surface area contributed by atoms with Gasteiger partial charge < -0.3 is 10.2 Å². The van der Waals surface area contributed by atoms with Crippen LogP contribution in [0.1, 0.15) is 48.9 Å². The second-order valence-corrected chi connectivity index (χ2v) is 11.2. The van der Waals surface area contributed by atoms with Gasteiger partial charge in [0.05, 0.1) is 13.2 Å². The summed E-state index contributed by atoms with van der Waals surface area (Å²) in [4.78, 5) is 0. The van der Waals surface area contributed by atoms with Crippen molar-refractivity contribution in [2.45, 2.75) is 37.5 Å². The fraction of sp³-hybridized carbons (Fsp3) is 0.273. The molecule has 4 aromatic carbocycles. The Kier molecular flexibility index (Phi) is 5.03. The highest BCUT2D eigenvalue weighted by Crippen LogP contribution is 2.58. The van der Waals surface area contributed by atoms with Gasteiger partial charge in [0.25, 0.3) is 0 Å². The highest BCUT2D eigenvalue weighted by atomic mass is 16.3. The first kappa shape index (κ1) is 22.3. The molecule has 0 bridgehead atoms. The molecule has 0 saturated heterocycles. The maximum atomic E-state index is 11.0. The molecule has 0 amide bonds. The number of rotatable bonds is 6. The summed E-state index contributed by atoms with van der Waals surface area (Å²) in [5.74, 6) is 0. The van der Waals surface area contributed by atoms with Crippen LogP contribution >= 0.6 is 0 Å². The molecule has 2 aliphatic carbocycles. The fourth-order valence-electron chi connectivity index (χ4n) is 7.36. The zero-order chi connectivity index (χ0) is 24.3. The van der Waals surface area contributed by atoms with E-state index in [1.165, 1.54) is 44.5 Å². The Labute approximate surface area is 207 Å². The van der Waals surface area contributed by atoms with E-state index in [9.17, 15) is 10.2 Å². The summed E-state index contributed by atoms with van der Waals surface area (Å²) in [6.07, 6.45) is 1.58. The van der Waals surface area contributed by atoms with Crippen molar-refractivity contribution in [2.75, 3.05) is 13.2 Å². The standard InChI is InChI=1S/C33H32O2/c1-31(2,19-32(21-34)27-15-7-3-11-23(27)24-12-4-8-16-28(24)32)20-33(22-35)29-17-9-5-13-25(29)26-14-6-10-18-30(26)33/h3-18,34-35H,19-22H2,1-2H3. The van der Waals surface area contributed by atoms with Crippen molar-refractivity contribution < 1.29 is 10.2 Å². The zero-order valence-electron chi connectivity index (χ0n) is 20.5. The van der Waals surface area contributed by atoms with Gasteiger partial charge >= 0.3 is 0 Å². The molecule has 2 aliphatic rings. The van der Waals surface area contributed by atoms with Crippen molar-refractivity contribution in [1.82, 2.24) is 0 Å². The largest absolute Gasteiger partial charge is 0.395 e. The van der Waals surface area contributed by atoms with Crippen molar-refractivity contribution >= 4 is 0 Å². The molecule has 2 nitrogen and oxygen atoms in total. The normalized spacial score (nSPS) is 16.3. The highest BCUT2D eigenvalue weighted by Gasteiger charge is 2.50. The molecule has 4 aromatic rings. The molecule has 2 heteroatoms. The minimum atomic E-state index is -0.467. The van der Waals surface area contributed by atoms with Crippen LogP contribution in [-0.2, 0) is 10.8 Å². The molecule has 176 valence electrons. The highest BCUT2D eigenvalue weighted by molar-refractivity contribution is 5.82. The summed E-state index contributed by atoms with van der Waals surface area (Å²) in [6, 6.07) is 34.1. The van der Waals surface area contributed by atoms with Gasteiger partial charge in [-0.25, -0.2) is 0 Å². The first-order chi connectivity index (χ1) is 17.0. The molecular formula is C33H32O2. The first-order valence-corrected chi connectivity index (χ1v) is 12.6. The molecule has 0 unspecified atom stereocenters. The third-order valence-electron chi connectivity index (χ3n) is 8.45. The summed E-state index contributed by atoms with van der Waals surface area (Å²) in [7, 11) is 0. The SMILES string of the molecule is CC(C)(CC1(CO)c2ccccc2-c2ccccc21)CC1(CO)c2ccccc2-c2ccccc21. The van der Waals surface area contributed by atoms with E-state index in [1.54, 1.807) is 0 Å². The Hall–Kier alpha value is -3.20. The average molecular weight is 461 g/mol. The number of fused-ring (bicyclic) bond motifs is 6. The van der Waals surface area contributed by atoms with Gasteiger partial charge in [-0.2, -0.15) is 0 Å². The lowest BCUT2D eigenvalue weighted by Gasteiger charge is -2.43. The van der Waals surface area contributed by atoms with E-state index in [0.29, 0.717) is 0 Å². The van der Waals surface area contributed by atoms with Crippen LogP contribution in [0.25, 0.3) is 22.3 Å². The molecule has 0 saturated carbocycles. The van der Waals surface area contributed by atoms with Gasteiger partial charge in [-0.15, -0.1) is 0 Å². The number of aliphatic hydroxyl groups excluding tert-OH is 2. The van der Waals surface area contributed by atoms with Crippen LogP contribution in [0.2, 0.25) is 0 Å². The van der Waals surface area contributed by atoms with E-state index in [4.69, 9.17) is 0 Å². The van der Waals surface area contributed by atoms with Gasteiger partial charge in [-0.1, -0.05) is 111 Å². The van der Waals surface area contributed by atoms with Crippen LogP contribution in [0.5, 0.6) is 0 Å². The lowest BCUT2D eigenvalue weighted by molar-refractivity contribution is 0.120. The monoisotopic (exact) mass is 460 g/mol. The Morgan fingerprint density at radius 2 is 0.743 bits per heavy atom. The maximum absolute atomic E-state index is 11.0. The van der Waals surface area contributed by atoms with E-state index in [0.717, 1.165) is 12.8 Å². The number of benzene rings is 4. The third-order valence-corrected chi connectivity index (χ3v) is 8.45. The minimum Gasteiger partial charge on any atom is -0.395 e. The van der Waals surface area contributed by atoms with Crippen LogP contribution in [-0.4, -0.2) is 23.4 Å². The van der Waals surface area contributed by atoms with Gasteiger partial charge in [0.15, 0.2) is 0 Å². The summed E-state index contributed by atoms with van der Waals surface area (Å²) < 4.78 is 0. The Balaban J connectivity index is 1.47. The van der Waals surface area contributed by atoms with Crippen LogP contribution in [0.15, 0.2) is 97.1 Å². The number of aliphatic hydroxyl groups is 2. The molecule has 0 atom stereocenters. The quantitative estimate of drug-likeness (QED) is 0.336. The Morgan fingerprint density at radius 3 is 1.00 bits per heavy atom. The molecule has 35 heavy (non-hydrogen) atoms. The predicted octanol–water partition coefficient (Wildman–Crippen LogP) is 6.71. The van der Waals surface area contributed by atoms with Crippen LogP contribution in [0.3, 0.4) is 0 Å². The molecule has 6 rings (SSSR count). The maximum Gasteiger partial charge on any atom is 0.0569 e. The van der Waals surface area contributed by atoms with Crippen molar-refractivity contribution in [3.8, 4) is 22.3 Å². The Bertz CT molecular complexity index is 1220. The van der Waals surface area contributed by atoms with Crippen molar-refractivity contribution in [1.29, 1.82) is 0 Å². The summed E-state index contributed by atoms with van der Waals surface area (Å²) in [5, 5.41) is 22.0. The van der Waals surface area contributed by atoms with Gasteiger partial charge in [0.1, 0.15) is 0 Å². The molecule has 0 aliphatic heterocycles. The second-order valence-electron chi connectivity index (χ2n) is 11.2. The van der Waals surface area contributed by atoms with Crippen LogP contribution in [0, 0.1) is 5.41 Å². The van der Waals surface area contributed by atoms with E-state index >= 15 is 0 Å². The summed E-state index contributed by atoms with van der Waals surface area (Å²) in [6.45, 7) is 4.72. The molecule has 0 heterocycles. The minimum absolute atomic E-state index is 0.0593. The van der Waals surface area contributed by atoms with Crippen molar-refractivity contribution in [3.63, 3.8) is 0 Å². The third kappa shape index (κ3) is 3.10.